The molecular weight excluding hydrogens is 249 g/mol. The third-order valence-corrected chi connectivity index (χ3v) is 3.48. The van der Waals surface area contributed by atoms with Crippen molar-refractivity contribution in [2.45, 2.75) is 53.4 Å². The van der Waals surface area contributed by atoms with Gasteiger partial charge in [0.05, 0.1) is 0 Å². The first-order valence-electron chi connectivity index (χ1n) is 7.43. The summed E-state index contributed by atoms with van der Waals surface area (Å²) in [6.07, 6.45) is 9.69. The Morgan fingerprint density at radius 1 is 1.35 bits per heavy atom. The van der Waals surface area contributed by atoms with Gasteiger partial charge in [0, 0.05) is 11.3 Å². The van der Waals surface area contributed by atoms with Crippen LogP contribution in [0.4, 0.5) is 4.39 Å². The first kappa shape index (κ1) is 16.6. The molecule has 0 bridgehead atoms. The summed E-state index contributed by atoms with van der Waals surface area (Å²) >= 11 is 0. The molecule has 1 nitrogen and oxygen atoms in total. The third-order valence-electron chi connectivity index (χ3n) is 3.48. The molecule has 0 spiro atoms. The zero-order valence-electron chi connectivity index (χ0n) is 13.2. The van der Waals surface area contributed by atoms with Crippen LogP contribution in [-0.2, 0) is 0 Å². The standard InChI is InChI=1S/C18H26FN/c1-6-9-14(5)20-18(17(19)8-3)16(7-2)13(4)12-15-10-11-15/h7-9,15H,2,6,10-12H2,1,3-5H3/b14-9+,16-13?,17-8+,20-18+. The Balaban J connectivity index is 3.19. The summed E-state index contributed by atoms with van der Waals surface area (Å²) < 4.78 is 14.2. The van der Waals surface area contributed by atoms with Crippen molar-refractivity contribution in [2.24, 2.45) is 10.9 Å². The van der Waals surface area contributed by atoms with Crippen LogP contribution < -0.4 is 0 Å². The summed E-state index contributed by atoms with van der Waals surface area (Å²) in [5.41, 5.74) is 3.29. The predicted octanol–water partition coefficient (Wildman–Crippen LogP) is 5.92. The first-order chi connectivity index (χ1) is 9.53. The lowest BCUT2D eigenvalue weighted by atomic mass is 9.99. The van der Waals surface area contributed by atoms with Crippen LogP contribution in [0.1, 0.15) is 53.4 Å². The van der Waals surface area contributed by atoms with Crippen molar-refractivity contribution in [1.82, 2.24) is 0 Å². The van der Waals surface area contributed by atoms with E-state index in [9.17, 15) is 4.39 Å². The molecule has 0 aromatic rings. The summed E-state index contributed by atoms with van der Waals surface area (Å²) in [6, 6.07) is 0. The predicted molar refractivity (Wildman–Crippen MR) is 86.6 cm³/mol. The van der Waals surface area contributed by atoms with E-state index in [1.807, 2.05) is 19.9 Å². The SMILES string of the molecule is C=CC(=C(C)CC1CC1)C(=N\C(C)=C\CC)/C(F)=C\C. The molecule has 0 unspecified atom stereocenters. The van der Waals surface area contributed by atoms with Crippen LogP contribution in [0.25, 0.3) is 0 Å². The Bertz CT molecular complexity index is 474. The number of aliphatic imine (C=N–C) groups is 1. The van der Waals surface area contributed by atoms with E-state index in [0.717, 1.165) is 30.0 Å². The molecule has 0 aromatic carbocycles. The van der Waals surface area contributed by atoms with Crippen molar-refractivity contribution < 1.29 is 4.39 Å². The second-order valence-corrected chi connectivity index (χ2v) is 5.40. The van der Waals surface area contributed by atoms with E-state index in [1.165, 1.54) is 24.5 Å². The quantitative estimate of drug-likeness (QED) is 0.404. The highest BCUT2D eigenvalue weighted by Gasteiger charge is 2.23. The number of allylic oxidation sites excluding steroid dienone is 7. The Morgan fingerprint density at radius 3 is 2.45 bits per heavy atom. The Kier molecular flexibility index (Phi) is 6.63. The van der Waals surface area contributed by atoms with Gasteiger partial charge in [0.15, 0.2) is 0 Å². The largest absolute Gasteiger partial charge is 0.250 e. The van der Waals surface area contributed by atoms with E-state index < -0.39 is 0 Å². The van der Waals surface area contributed by atoms with Crippen molar-refractivity contribution >= 4 is 5.71 Å². The van der Waals surface area contributed by atoms with Crippen molar-refractivity contribution in [3.8, 4) is 0 Å². The summed E-state index contributed by atoms with van der Waals surface area (Å²) in [7, 11) is 0. The van der Waals surface area contributed by atoms with Crippen molar-refractivity contribution in [1.29, 1.82) is 0 Å². The van der Waals surface area contributed by atoms with Crippen LogP contribution in [0, 0.1) is 5.92 Å². The van der Waals surface area contributed by atoms with E-state index in [0.29, 0.717) is 5.71 Å². The van der Waals surface area contributed by atoms with Crippen molar-refractivity contribution in [3.63, 3.8) is 0 Å². The molecule has 0 saturated heterocycles. The molecule has 0 heterocycles. The number of halogens is 1. The van der Waals surface area contributed by atoms with Crippen LogP contribution in [0.3, 0.4) is 0 Å². The summed E-state index contributed by atoms with van der Waals surface area (Å²) in [5.74, 6) is 0.492. The molecule has 0 radical (unpaired) electrons. The minimum Gasteiger partial charge on any atom is -0.250 e. The zero-order chi connectivity index (χ0) is 15.1. The molecule has 1 saturated carbocycles. The van der Waals surface area contributed by atoms with Gasteiger partial charge in [0.2, 0.25) is 0 Å². The lowest BCUT2D eigenvalue weighted by molar-refractivity contribution is 0.678. The molecule has 0 amide bonds. The maximum absolute atomic E-state index is 14.2. The van der Waals surface area contributed by atoms with Crippen LogP contribution in [0.2, 0.25) is 0 Å². The van der Waals surface area contributed by atoms with Crippen LogP contribution in [0.5, 0.6) is 0 Å². The van der Waals surface area contributed by atoms with E-state index in [4.69, 9.17) is 0 Å². The molecule has 0 aromatic heterocycles. The fraction of sp³-hybridized carbons (Fsp3) is 0.500. The van der Waals surface area contributed by atoms with Gasteiger partial charge in [-0.15, -0.1) is 0 Å². The average molecular weight is 275 g/mol. The number of rotatable bonds is 7. The number of hydrogen-bond acceptors (Lipinski definition) is 1. The first-order valence-corrected chi connectivity index (χ1v) is 7.43. The average Bonchev–Trinajstić information content (AvgIpc) is 3.21. The summed E-state index contributed by atoms with van der Waals surface area (Å²) in [6.45, 7) is 11.6. The topological polar surface area (TPSA) is 12.4 Å². The smallest absolute Gasteiger partial charge is 0.145 e. The highest BCUT2D eigenvalue weighted by atomic mass is 19.1. The highest BCUT2D eigenvalue weighted by molar-refractivity contribution is 6.13. The lowest BCUT2D eigenvalue weighted by Crippen LogP contribution is -2.06. The number of hydrogen-bond donors (Lipinski definition) is 0. The molecule has 110 valence electrons. The molecule has 1 aliphatic rings. The van der Waals surface area contributed by atoms with Crippen molar-refractivity contribution in [2.75, 3.05) is 0 Å². The van der Waals surface area contributed by atoms with Gasteiger partial charge in [-0.3, -0.25) is 4.99 Å². The highest BCUT2D eigenvalue weighted by Crippen LogP contribution is 2.36. The van der Waals surface area contributed by atoms with E-state index >= 15 is 0 Å². The van der Waals surface area contributed by atoms with Gasteiger partial charge in [0.25, 0.3) is 0 Å². The van der Waals surface area contributed by atoms with E-state index in [-0.39, 0.29) is 5.83 Å². The van der Waals surface area contributed by atoms with Gasteiger partial charge in [-0.2, -0.15) is 0 Å². The monoisotopic (exact) mass is 275 g/mol. The fourth-order valence-electron chi connectivity index (χ4n) is 2.23. The zero-order valence-corrected chi connectivity index (χ0v) is 13.2. The van der Waals surface area contributed by atoms with Gasteiger partial charge in [-0.05, 0) is 58.4 Å². The fourth-order valence-corrected chi connectivity index (χ4v) is 2.23. The normalized spacial score (nSPS) is 18.9. The summed E-state index contributed by atoms with van der Waals surface area (Å²) in [5, 5.41) is 0. The molecule has 1 rings (SSSR count). The maximum Gasteiger partial charge on any atom is 0.145 e. The molecule has 1 aliphatic carbocycles. The Labute approximate surface area is 122 Å². The minimum atomic E-state index is -0.279. The molecular formula is C18H26FN. The van der Waals surface area contributed by atoms with Crippen LogP contribution in [0.15, 0.2) is 52.5 Å². The van der Waals surface area contributed by atoms with Crippen molar-refractivity contribution in [3.05, 3.63) is 47.5 Å². The number of nitrogens with zero attached hydrogens (tertiary/aromatic N) is 1. The molecule has 0 atom stereocenters. The molecule has 2 heteroatoms. The van der Waals surface area contributed by atoms with E-state index in [2.05, 4.69) is 18.5 Å². The second kappa shape index (κ2) is 7.98. The summed E-state index contributed by atoms with van der Waals surface area (Å²) in [4.78, 5) is 4.46. The molecule has 0 aliphatic heterocycles. The lowest BCUT2D eigenvalue weighted by Gasteiger charge is -2.11. The van der Waals surface area contributed by atoms with Gasteiger partial charge >= 0.3 is 0 Å². The van der Waals surface area contributed by atoms with Gasteiger partial charge < -0.3 is 0 Å². The van der Waals surface area contributed by atoms with Gasteiger partial charge in [0.1, 0.15) is 11.5 Å². The maximum atomic E-state index is 14.2. The van der Waals surface area contributed by atoms with Crippen LogP contribution in [-0.4, -0.2) is 5.71 Å². The second-order valence-electron chi connectivity index (χ2n) is 5.40. The minimum absolute atomic E-state index is 0.279. The molecule has 20 heavy (non-hydrogen) atoms. The Hall–Kier alpha value is -1.44. The van der Waals surface area contributed by atoms with Gasteiger partial charge in [-0.1, -0.05) is 31.2 Å². The third kappa shape index (κ3) is 4.92. The molecule has 1 fully saturated rings. The van der Waals surface area contributed by atoms with Crippen LogP contribution >= 0.6 is 0 Å². The molecule has 0 N–H and O–H groups in total. The van der Waals surface area contributed by atoms with E-state index in [1.54, 1.807) is 13.0 Å². The van der Waals surface area contributed by atoms with Gasteiger partial charge in [-0.25, -0.2) is 4.39 Å². The Morgan fingerprint density at radius 2 is 2.00 bits per heavy atom.